The quantitative estimate of drug-likeness (QED) is 0.396. The van der Waals surface area contributed by atoms with Crippen molar-refractivity contribution < 1.29 is 49.1 Å². The minimum Gasteiger partial charge on any atom is -0.484 e. The summed E-state index contributed by atoms with van der Waals surface area (Å²) in [4.78, 5) is 22.5. The SMILES string of the molecule is CC1(C(=O)N2CCC(S(=O)(=O)c3ccc(OCC(F)(F)F)cc3C(F)(F)F)C2)CC1.N#CC1(NC=O)CC1. The van der Waals surface area contributed by atoms with Crippen LogP contribution in [0.3, 0.4) is 0 Å². The van der Waals surface area contributed by atoms with Gasteiger partial charge in [0.1, 0.15) is 11.3 Å². The van der Waals surface area contributed by atoms with E-state index in [1.807, 2.05) is 6.07 Å². The van der Waals surface area contributed by atoms with Crippen molar-refractivity contribution in [3.63, 3.8) is 0 Å². The molecular weight excluding hydrogens is 544 g/mol. The molecule has 0 radical (unpaired) electrons. The maximum absolute atomic E-state index is 13.5. The second-order valence-corrected chi connectivity index (χ2v) is 12.0. The average molecular weight is 570 g/mol. The van der Waals surface area contributed by atoms with Crippen LogP contribution in [0.4, 0.5) is 26.3 Å². The summed E-state index contributed by atoms with van der Waals surface area (Å²) in [5.74, 6) is -0.962. The van der Waals surface area contributed by atoms with Gasteiger partial charge in [0.25, 0.3) is 0 Å². The molecule has 3 fully saturated rings. The smallest absolute Gasteiger partial charge is 0.422 e. The largest absolute Gasteiger partial charge is 0.484 e. The molecule has 1 heterocycles. The number of hydrogen-bond acceptors (Lipinski definition) is 6. The number of benzene rings is 1. The van der Waals surface area contributed by atoms with Crippen molar-refractivity contribution in [3.8, 4) is 11.8 Å². The minimum absolute atomic E-state index is 0.0201. The van der Waals surface area contributed by atoms with Gasteiger partial charge in [-0.2, -0.15) is 31.6 Å². The number of nitrogens with zero attached hydrogens (tertiary/aromatic N) is 2. The van der Waals surface area contributed by atoms with Crippen LogP contribution in [-0.2, 0) is 25.6 Å². The fourth-order valence-electron chi connectivity index (χ4n) is 3.89. The number of sulfone groups is 1. The Morgan fingerprint density at radius 2 is 1.84 bits per heavy atom. The molecule has 0 bridgehead atoms. The summed E-state index contributed by atoms with van der Waals surface area (Å²) in [5, 5.41) is 9.53. The van der Waals surface area contributed by atoms with Gasteiger partial charge in [-0.05, 0) is 50.3 Å². The zero-order valence-electron chi connectivity index (χ0n) is 20.2. The summed E-state index contributed by atoms with van der Waals surface area (Å²) in [5.41, 5.74) is -2.60. The van der Waals surface area contributed by atoms with Gasteiger partial charge in [-0.1, -0.05) is 6.92 Å². The van der Waals surface area contributed by atoms with Gasteiger partial charge in [0.2, 0.25) is 12.3 Å². The van der Waals surface area contributed by atoms with Gasteiger partial charge in [0.15, 0.2) is 16.4 Å². The summed E-state index contributed by atoms with van der Waals surface area (Å²) in [7, 11) is -4.50. The van der Waals surface area contributed by atoms with Crippen molar-refractivity contribution in [2.24, 2.45) is 5.41 Å². The van der Waals surface area contributed by atoms with Gasteiger partial charge >= 0.3 is 12.4 Å². The van der Waals surface area contributed by atoms with E-state index in [2.05, 4.69) is 10.1 Å². The van der Waals surface area contributed by atoms with Crippen LogP contribution in [0.2, 0.25) is 0 Å². The number of rotatable bonds is 7. The number of halogens is 6. The molecule has 2 aliphatic carbocycles. The third-order valence-corrected chi connectivity index (χ3v) is 8.88. The highest BCUT2D eigenvalue weighted by atomic mass is 32.2. The van der Waals surface area contributed by atoms with Crippen LogP contribution in [0.1, 0.15) is 44.6 Å². The van der Waals surface area contributed by atoms with E-state index in [9.17, 15) is 44.3 Å². The number of likely N-dealkylation sites (tertiary alicyclic amines) is 1. The molecule has 8 nitrogen and oxygen atoms in total. The molecule has 1 atom stereocenters. The molecule has 0 aromatic heterocycles. The molecule has 1 N–H and O–H groups in total. The van der Waals surface area contributed by atoms with Crippen LogP contribution in [0.25, 0.3) is 0 Å². The van der Waals surface area contributed by atoms with E-state index in [1.165, 1.54) is 4.90 Å². The van der Waals surface area contributed by atoms with Crippen LogP contribution in [0.15, 0.2) is 23.1 Å². The Morgan fingerprint density at radius 3 is 2.29 bits per heavy atom. The lowest BCUT2D eigenvalue weighted by molar-refractivity contribution is -0.153. The van der Waals surface area contributed by atoms with Crippen LogP contribution in [0, 0.1) is 16.7 Å². The van der Waals surface area contributed by atoms with Crippen molar-refractivity contribution in [3.05, 3.63) is 23.8 Å². The average Bonchev–Trinajstić information content (AvgIpc) is 3.72. The lowest BCUT2D eigenvalue weighted by Gasteiger charge is -2.21. The first-order chi connectivity index (χ1) is 17.5. The molecular formula is C23H25F6N3O5S. The molecule has 1 aromatic rings. The second kappa shape index (κ2) is 10.3. The lowest BCUT2D eigenvalue weighted by atomic mass is 10.1. The monoisotopic (exact) mass is 569 g/mol. The number of alkyl halides is 6. The van der Waals surface area contributed by atoms with Gasteiger partial charge in [0.05, 0.1) is 21.8 Å². The minimum atomic E-state index is -5.13. The number of amides is 2. The van der Waals surface area contributed by atoms with E-state index in [4.69, 9.17) is 5.26 Å². The van der Waals surface area contributed by atoms with E-state index in [1.54, 1.807) is 6.92 Å². The first kappa shape index (κ1) is 29.5. The molecule has 2 saturated carbocycles. The molecule has 15 heteroatoms. The molecule has 1 saturated heterocycles. The second-order valence-electron chi connectivity index (χ2n) is 9.78. The molecule has 4 rings (SSSR count). The normalized spacial score (nSPS) is 21.4. The van der Waals surface area contributed by atoms with Gasteiger partial charge < -0.3 is 15.0 Å². The van der Waals surface area contributed by atoms with Crippen LogP contribution < -0.4 is 10.1 Å². The molecule has 2 amide bonds. The number of nitrogens with one attached hydrogen (secondary N) is 1. The van der Waals surface area contributed by atoms with E-state index >= 15 is 0 Å². The predicted octanol–water partition coefficient (Wildman–Crippen LogP) is 3.61. The lowest BCUT2D eigenvalue weighted by Crippen LogP contribution is -2.36. The molecule has 210 valence electrons. The van der Waals surface area contributed by atoms with E-state index in [-0.39, 0.29) is 31.5 Å². The Bertz CT molecular complexity index is 1220. The van der Waals surface area contributed by atoms with Crippen LogP contribution >= 0.6 is 0 Å². The van der Waals surface area contributed by atoms with Crippen molar-refractivity contribution in [1.29, 1.82) is 5.26 Å². The van der Waals surface area contributed by atoms with Gasteiger partial charge in [-0.15, -0.1) is 0 Å². The number of carbonyl (C=O) groups excluding carboxylic acids is 2. The number of hydrogen-bond donors (Lipinski definition) is 1. The first-order valence-corrected chi connectivity index (χ1v) is 13.1. The number of nitriles is 1. The molecule has 3 aliphatic rings. The standard InChI is InChI=1S/C18H19F6NO4S.C5H6N2O/c1-16(5-6-16)15(26)25-7-4-12(9-25)30(27,28)14-3-2-11(29-10-17(19,20)21)8-13(14)18(22,23)24;6-3-5(1-2-5)7-4-8/h2-3,8,12H,4-7,9-10H2,1H3;4H,1-2H2,(H,7,8). The Hall–Kier alpha value is -3.02. The Balaban J connectivity index is 0.000000427. The highest BCUT2D eigenvalue weighted by Crippen LogP contribution is 2.47. The number of carbonyl (C=O) groups is 2. The zero-order chi connectivity index (χ0) is 28.6. The zero-order valence-corrected chi connectivity index (χ0v) is 21.0. The van der Waals surface area contributed by atoms with Gasteiger partial charge in [-0.25, -0.2) is 8.42 Å². The highest BCUT2D eigenvalue weighted by molar-refractivity contribution is 7.92. The molecule has 1 unspecified atom stereocenters. The summed E-state index contributed by atoms with van der Waals surface area (Å²) in [6.07, 6.45) is -6.36. The van der Waals surface area contributed by atoms with E-state index < -0.39 is 61.2 Å². The third-order valence-electron chi connectivity index (χ3n) is 6.65. The molecule has 0 spiro atoms. The summed E-state index contributed by atoms with van der Waals surface area (Å²) >= 11 is 0. The summed E-state index contributed by atoms with van der Waals surface area (Å²) in [6, 6.07) is 3.63. The first-order valence-electron chi connectivity index (χ1n) is 11.5. The Morgan fingerprint density at radius 1 is 1.21 bits per heavy atom. The number of ether oxygens (including phenoxy) is 1. The van der Waals surface area contributed by atoms with Crippen LogP contribution in [0.5, 0.6) is 5.75 Å². The topological polar surface area (TPSA) is 117 Å². The molecule has 38 heavy (non-hydrogen) atoms. The van der Waals surface area contributed by atoms with Gasteiger partial charge in [-0.3, -0.25) is 9.59 Å². The predicted molar refractivity (Wildman–Crippen MR) is 119 cm³/mol. The van der Waals surface area contributed by atoms with Gasteiger partial charge in [0, 0.05) is 18.5 Å². The fraction of sp³-hybridized carbons (Fsp3) is 0.609. The fourth-order valence-corrected chi connectivity index (χ4v) is 5.78. The Kier molecular flexibility index (Phi) is 7.98. The Labute approximate surface area is 214 Å². The maximum Gasteiger partial charge on any atom is 0.422 e. The van der Waals surface area contributed by atoms with E-state index in [0.717, 1.165) is 18.9 Å². The van der Waals surface area contributed by atoms with Crippen molar-refractivity contribution in [2.45, 2.75) is 67.1 Å². The van der Waals surface area contributed by atoms with Crippen molar-refractivity contribution in [1.82, 2.24) is 10.2 Å². The molecule has 1 aromatic carbocycles. The summed E-state index contributed by atoms with van der Waals surface area (Å²) in [6.45, 7) is -0.166. The summed E-state index contributed by atoms with van der Waals surface area (Å²) < 4.78 is 107. The maximum atomic E-state index is 13.5. The molecule has 1 aliphatic heterocycles. The van der Waals surface area contributed by atoms with Crippen LogP contribution in [-0.4, -0.2) is 62.3 Å². The van der Waals surface area contributed by atoms with E-state index in [0.29, 0.717) is 25.3 Å². The van der Waals surface area contributed by atoms with Crippen molar-refractivity contribution >= 4 is 22.2 Å². The third kappa shape index (κ3) is 6.89. The van der Waals surface area contributed by atoms with Crippen molar-refractivity contribution in [2.75, 3.05) is 19.7 Å². The highest BCUT2D eigenvalue weighted by Gasteiger charge is 2.50.